The SMILES string of the molecule is CN(C)c1ncccc1CNC(=O)Nc1cccc(Cn2nc3ccccn3c2=O)c1. The average molecular weight is 417 g/mol. The molecule has 0 saturated heterocycles. The zero-order valence-corrected chi connectivity index (χ0v) is 17.3. The summed E-state index contributed by atoms with van der Waals surface area (Å²) in [7, 11) is 3.82. The Balaban J connectivity index is 1.42. The lowest BCUT2D eigenvalue weighted by Crippen LogP contribution is -2.29. The van der Waals surface area contributed by atoms with Gasteiger partial charge in [0, 0.05) is 44.3 Å². The molecule has 0 radical (unpaired) electrons. The van der Waals surface area contributed by atoms with Crippen molar-refractivity contribution >= 4 is 23.2 Å². The fourth-order valence-electron chi connectivity index (χ4n) is 3.31. The molecule has 9 nitrogen and oxygen atoms in total. The van der Waals surface area contributed by atoms with E-state index in [0.717, 1.165) is 16.9 Å². The minimum absolute atomic E-state index is 0.208. The first-order valence-electron chi connectivity index (χ1n) is 9.80. The minimum Gasteiger partial charge on any atom is -0.362 e. The number of hydrogen-bond donors (Lipinski definition) is 2. The van der Waals surface area contributed by atoms with Crippen molar-refractivity contribution < 1.29 is 4.79 Å². The first-order valence-corrected chi connectivity index (χ1v) is 9.80. The van der Waals surface area contributed by atoms with Gasteiger partial charge in [-0.05, 0) is 35.9 Å². The van der Waals surface area contributed by atoms with Crippen LogP contribution < -0.4 is 21.2 Å². The molecule has 0 aliphatic heterocycles. The van der Waals surface area contributed by atoms with Crippen molar-refractivity contribution in [2.24, 2.45) is 0 Å². The number of carbonyl (C=O) groups excluding carboxylic acids is 1. The van der Waals surface area contributed by atoms with Crippen LogP contribution in [-0.2, 0) is 13.1 Å². The van der Waals surface area contributed by atoms with Gasteiger partial charge in [-0.25, -0.2) is 19.3 Å². The van der Waals surface area contributed by atoms with Gasteiger partial charge >= 0.3 is 11.7 Å². The number of nitrogens with zero attached hydrogens (tertiary/aromatic N) is 5. The standard InChI is InChI=1S/C22H23N7O2/c1-27(2)20-17(8-6-11-23-20)14-24-21(30)25-18-9-5-7-16(13-18)15-29-22(31)28-12-4-3-10-19(28)26-29/h3-13H,14-15H2,1-2H3,(H2,24,25,30). The molecule has 1 aromatic carbocycles. The van der Waals surface area contributed by atoms with E-state index in [2.05, 4.69) is 20.7 Å². The molecule has 158 valence electrons. The normalized spacial score (nSPS) is 10.8. The van der Waals surface area contributed by atoms with Gasteiger partial charge in [-0.15, -0.1) is 5.10 Å². The number of pyridine rings is 2. The maximum atomic E-state index is 12.5. The Kier molecular flexibility index (Phi) is 5.65. The second kappa shape index (κ2) is 8.70. The molecule has 3 aromatic heterocycles. The third-order valence-electron chi connectivity index (χ3n) is 4.74. The van der Waals surface area contributed by atoms with Gasteiger partial charge in [-0.2, -0.15) is 0 Å². The van der Waals surface area contributed by atoms with Crippen molar-refractivity contribution in [1.82, 2.24) is 24.5 Å². The van der Waals surface area contributed by atoms with Crippen molar-refractivity contribution in [3.8, 4) is 0 Å². The second-order valence-corrected chi connectivity index (χ2v) is 7.26. The Labute approximate surface area is 179 Å². The summed E-state index contributed by atoms with van der Waals surface area (Å²) in [6.07, 6.45) is 3.41. The van der Waals surface area contributed by atoms with Crippen molar-refractivity contribution in [3.05, 3.63) is 88.6 Å². The summed E-state index contributed by atoms with van der Waals surface area (Å²) in [6, 6.07) is 16.2. The Morgan fingerprint density at radius 3 is 2.77 bits per heavy atom. The number of aromatic nitrogens is 4. The number of benzene rings is 1. The molecule has 2 amide bonds. The van der Waals surface area contributed by atoms with E-state index in [4.69, 9.17) is 0 Å². The smallest absolute Gasteiger partial charge is 0.350 e. The lowest BCUT2D eigenvalue weighted by atomic mass is 10.2. The van der Waals surface area contributed by atoms with Crippen LogP contribution in [0.15, 0.2) is 71.8 Å². The van der Waals surface area contributed by atoms with Gasteiger partial charge in [0.1, 0.15) is 5.82 Å². The predicted molar refractivity (Wildman–Crippen MR) is 119 cm³/mol. The van der Waals surface area contributed by atoms with Crippen LogP contribution in [0, 0.1) is 0 Å². The summed E-state index contributed by atoms with van der Waals surface area (Å²) in [5.41, 5.74) is 2.78. The van der Waals surface area contributed by atoms with Crippen LogP contribution in [0.1, 0.15) is 11.1 Å². The van der Waals surface area contributed by atoms with Gasteiger partial charge in [0.05, 0.1) is 6.54 Å². The number of anilines is 2. The van der Waals surface area contributed by atoms with Gasteiger partial charge in [0.2, 0.25) is 0 Å². The number of fused-ring (bicyclic) bond motifs is 1. The van der Waals surface area contributed by atoms with E-state index in [1.807, 2.05) is 55.4 Å². The van der Waals surface area contributed by atoms with Gasteiger partial charge < -0.3 is 15.5 Å². The highest BCUT2D eigenvalue weighted by molar-refractivity contribution is 5.89. The van der Waals surface area contributed by atoms with Crippen molar-refractivity contribution in [1.29, 1.82) is 0 Å². The molecule has 2 N–H and O–H groups in total. The number of nitrogens with one attached hydrogen (secondary N) is 2. The third-order valence-corrected chi connectivity index (χ3v) is 4.74. The van der Waals surface area contributed by atoms with Crippen LogP contribution >= 0.6 is 0 Å². The quantitative estimate of drug-likeness (QED) is 0.502. The molecule has 3 heterocycles. The highest BCUT2D eigenvalue weighted by Gasteiger charge is 2.09. The van der Waals surface area contributed by atoms with Crippen LogP contribution in [-0.4, -0.2) is 39.3 Å². The van der Waals surface area contributed by atoms with E-state index in [9.17, 15) is 9.59 Å². The Bertz CT molecular complexity index is 1280. The zero-order valence-electron chi connectivity index (χ0n) is 17.3. The highest BCUT2D eigenvalue weighted by Crippen LogP contribution is 2.15. The molecular formula is C22H23N7O2. The van der Waals surface area contributed by atoms with Crippen LogP contribution in [0.5, 0.6) is 0 Å². The van der Waals surface area contributed by atoms with E-state index in [-0.39, 0.29) is 11.7 Å². The van der Waals surface area contributed by atoms with Gasteiger partial charge in [0.25, 0.3) is 0 Å². The molecule has 0 bridgehead atoms. The molecule has 0 atom stereocenters. The van der Waals surface area contributed by atoms with E-state index in [0.29, 0.717) is 24.4 Å². The van der Waals surface area contributed by atoms with Crippen LogP contribution in [0.4, 0.5) is 16.3 Å². The van der Waals surface area contributed by atoms with Crippen LogP contribution in [0.2, 0.25) is 0 Å². The first-order chi connectivity index (χ1) is 15.0. The molecule has 0 aliphatic rings. The Hall–Kier alpha value is -4.14. The summed E-state index contributed by atoms with van der Waals surface area (Å²) < 4.78 is 2.90. The van der Waals surface area contributed by atoms with Crippen LogP contribution in [0.25, 0.3) is 5.65 Å². The van der Waals surface area contributed by atoms with Crippen molar-refractivity contribution in [3.63, 3.8) is 0 Å². The molecule has 0 saturated carbocycles. The highest BCUT2D eigenvalue weighted by atomic mass is 16.2. The predicted octanol–water partition coefficient (Wildman–Crippen LogP) is 2.33. The molecule has 31 heavy (non-hydrogen) atoms. The van der Waals surface area contributed by atoms with E-state index < -0.39 is 0 Å². The first kappa shape index (κ1) is 20.1. The molecular weight excluding hydrogens is 394 g/mol. The molecule has 9 heteroatoms. The third kappa shape index (κ3) is 4.55. The molecule has 0 aliphatic carbocycles. The number of urea groups is 1. The number of rotatable bonds is 6. The monoisotopic (exact) mass is 417 g/mol. The molecule has 0 fully saturated rings. The van der Waals surface area contributed by atoms with Gasteiger partial charge in [-0.3, -0.25) is 4.40 Å². The fourth-order valence-corrected chi connectivity index (χ4v) is 3.31. The van der Waals surface area contributed by atoms with E-state index >= 15 is 0 Å². The summed E-state index contributed by atoms with van der Waals surface area (Å²) in [6.45, 7) is 0.656. The zero-order chi connectivity index (χ0) is 21.8. The molecule has 4 aromatic rings. The maximum absolute atomic E-state index is 12.5. The molecule has 0 spiro atoms. The van der Waals surface area contributed by atoms with Crippen molar-refractivity contribution in [2.75, 3.05) is 24.3 Å². The Morgan fingerprint density at radius 2 is 1.97 bits per heavy atom. The molecule has 4 rings (SSSR count). The lowest BCUT2D eigenvalue weighted by molar-refractivity contribution is 0.251. The average Bonchev–Trinajstić information content (AvgIpc) is 3.08. The molecule has 0 unspecified atom stereocenters. The number of hydrogen-bond acceptors (Lipinski definition) is 5. The van der Waals surface area contributed by atoms with Crippen LogP contribution in [0.3, 0.4) is 0 Å². The van der Waals surface area contributed by atoms with Gasteiger partial charge in [0.15, 0.2) is 5.65 Å². The Morgan fingerprint density at radius 1 is 1.10 bits per heavy atom. The maximum Gasteiger partial charge on any atom is 0.350 e. The summed E-state index contributed by atoms with van der Waals surface area (Å²) in [4.78, 5) is 31.1. The topological polar surface area (TPSA) is 96.6 Å². The van der Waals surface area contributed by atoms with E-state index in [1.165, 1.54) is 9.08 Å². The minimum atomic E-state index is -0.324. The fraction of sp³-hybridized carbons (Fsp3) is 0.182. The second-order valence-electron chi connectivity index (χ2n) is 7.26. The summed E-state index contributed by atoms with van der Waals surface area (Å²) in [5, 5.41) is 10.0. The summed E-state index contributed by atoms with van der Waals surface area (Å²) >= 11 is 0. The number of amides is 2. The summed E-state index contributed by atoms with van der Waals surface area (Å²) in [5.74, 6) is 0.808. The lowest BCUT2D eigenvalue weighted by Gasteiger charge is -2.16. The van der Waals surface area contributed by atoms with Crippen molar-refractivity contribution in [2.45, 2.75) is 13.1 Å². The van der Waals surface area contributed by atoms with E-state index in [1.54, 1.807) is 30.6 Å². The number of carbonyl (C=O) groups is 1. The van der Waals surface area contributed by atoms with Gasteiger partial charge in [-0.1, -0.05) is 24.3 Å². The largest absolute Gasteiger partial charge is 0.362 e.